The second-order valence-electron chi connectivity index (χ2n) is 3.36. The van der Waals surface area contributed by atoms with Crippen molar-refractivity contribution in [3.8, 4) is 5.75 Å². The number of para-hydroxylation sites is 1. The number of halogens is 1. The van der Waals surface area contributed by atoms with E-state index in [1.165, 1.54) is 6.07 Å². The van der Waals surface area contributed by atoms with E-state index in [2.05, 4.69) is 12.6 Å². The third kappa shape index (κ3) is 2.81. The Labute approximate surface area is 111 Å². The molecule has 2 rings (SSSR count). The normalized spacial score (nSPS) is 9.47. The molecule has 0 aliphatic carbocycles. The van der Waals surface area contributed by atoms with Crippen molar-refractivity contribution in [2.45, 2.75) is 4.90 Å². The number of benzene rings is 2. The Balaban J connectivity index is 0.00000144. The van der Waals surface area contributed by atoms with Crippen LogP contribution in [0.1, 0.15) is 15.9 Å². The number of rotatable bonds is 2. The summed E-state index contributed by atoms with van der Waals surface area (Å²) in [5, 5.41) is 9.59. The van der Waals surface area contributed by atoms with Crippen molar-refractivity contribution in [3.05, 3.63) is 59.7 Å². The fourth-order valence-electron chi connectivity index (χ4n) is 1.48. The molecule has 2 nitrogen and oxygen atoms in total. The van der Waals surface area contributed by atoms with Gasteiger partial charge in [-0.15, -0.1) is 25.0 Å². The molecule has 0 aliphatic heterocycles. The van der Waals surface area contributed by atoms with Gasteiger partial charge in [-0.3, -0.25) is 4.79 Å². The molecule has 0 saturated carbocycles. The molecule has 2 aromatic carbocycles. The zero-order chi connectivity index (χ0) is 11.5. The van der Waals surface area contributed by atoms with Crippen LogP contribution in [0.15, 0.2) is 53.4 Å². The molecular weight excluding hydrogens is 256 g/mol. The van der Waals surface area contributed by atoms with Crippen LogP contribution in [0.3, 0.4) is 0 Å². The summed E-state index contributed by atoms with van der Waals surface area (Å²) in [7, 11) is 0. The van der Waals surface area contributed by atoms with E-state index in [0.717, 1.165) is 0 Å². The van der Waals surface area contributed by atoms with E-state index in [9.17, 15) is 9.90 Å². The van der Waals surface area contributed by atoms with E-state index in [1.54, 1.807) is 36.4 Å². The van der Waals surface area contributed by atoms with Crippen molar-refractivity contribution in [1.29, 1.82) is 0 Å². The molecule has 0 bridgehead atoms. The van der Waals surface area contributed by atoms with Crippen molar-refractivity contribution < 1.29 is 9.90 Å². The van der Waals surface area contributed by atoms with Crippen molar-refractivity contribution in [1.82, 2.24) is 0 Å². The maximum Gasteiger partial charge on any atom is 0.197 e. The third-order valence-electron chi connectivity index (χ3n) is 2.30. The van der Waals surface area contributed by atoms with Crippen molar-refractivity contribution in [3.63, 3.8) is 0 Å². The Hall–Kier alpha value is -1.45. The summed E-state index contributed by atoms with van der Waals surface area (Å²) < 4.78 is 0. The Morgan fingerprint density at radius 2 is 1.47 bits per heavy atom. The number of phenols is 1. The Bertz CT molecular complexity index is 493. The summed E-state index contributed by atoms with van der Waals surface area (Å²) in [6, 6.07) is 13.5. The number of thiol groups is 1. The van der Waals surface area contributed by atoms with Gasteiger partial charge < -0.3 is 5.11 Å². The highest BCUT2D eigenvalue weighted by Gasteiger charge is 2.14. The highest BCUT2D eigenvalue weighted by Crippen LogP contribution is 2.23. The van der Waals surface area contributed by atoms with E-state index >= 15 is 0 Å². The Kier molecular flexibility index (Phi) is 4.61. The molecule has 88 valence electrons. The van der Waals surface area contributed by atoms with Gasteiger partial charge in [0, 0.05) is 10.5 Å². The summed E-state index contributed by atoms with van der Waals surface area (Å²) in [6.45, 7) is 0. The summed E-state index contributed by atoms with van der Waals surface area (Å²) in [5.74, 6) is -0.229. The molecule has 0 unspecified atom stereocenters. The van der Waals surface area contributed by atoms with Crippen LogP contribution in [0.5, 0.6) is 5.75 Å². The number of carbonyl (C=O) groups is 1. The van der Waals surface area contributed by atoms with Crippen LogP contribution in [0.25, 0.3) is 0 Å². The average molecular weight is 267 g/mol. The number of hydrogen-bond donors (Lipinski definition) is 2. The van der Waals surface area contributed by atoms with Gasteiger partial charge in [-0.2, -0.15) is 0 Å². The van der Waals surface area contributed by atoms with Gasteiger partial charge >= 0.3 is 0 Å². The van der Waals surface area contributed by atoms with E-state index in [-0.39, 0.29) is 23.9 Å². The monoisotopic (exact) mass is 266 g/mol. The molecule has 4 heteroatoms. The topological polar surface area (TPSA) is 37.3 Å². The summed E-state index contributed by atoms with van der Waals surface area (Å²) in [4.78, 5) is 12.7. The number of ketones is 1. The first-order valence-corrected chi connectivity index (χ1v) is 5.25. The molecule has 17 heavy (non-hydrogen) atoms. The highest BCUT2D eigenvalue weighted by molar-refractivity contribution is 7.80. The lowest BCUT2D eigenvalue weighted by molar-refractivity contribution is 0.103. The first-order chi connectivity index (χ1) is 7.70. The molecular formula is C13H11ClO2S. The van der Waals surface area contributed by atoms with Gasteiger partial charge in [-0.05, 0) is 24.3 Å². The van der Waals surface area contributed by atoms with Crippen LogP contribution < -0.4 is 0 Å². The standard InChI is InChI=1S/C13H10O2S.ClH/c14-11-7-3-1-5-9(11)13(15)10-6-2-4-8-12(10)16;/h1-8,14,16H;1H. The lowest BCUT2D eigenvalue weighted by atomic mass is 10.0. The minimum atomic E-state index is -0.219. The van der Waals surface area contributed by atoms with Crippen molar-refractivity contribution in [2.75, 3.05) is 0 Å². The minimum Gasteiger partial charge on any atom is -0.507 e. The zero-order valence-electron chi connectivity index (χ0n) is 8.83. The van der Waals surface area contributed by atoms with Crippen LogP contribution in [0, 0.1) is 0 Å². The number of phenolic OH excluding ortho intramolecular Hbond substituents is 1. The van der Waals surface area contributed by atoms with Gasteiger partial charge in [-0.25, -0.2) is 0 Å². The SMILES string of the molecule is Cl.O=C(c1ccccc1O)c1ccccc1S. The fraction of sp³-hybridized carbons (Fsp3) is 0. The molecule has 0 aliphatic rings. The first kappa shape index (κ1) is 13.6. The number of carbonyl (C=O) groups excluding carboxylic acids is 1. The maximum atomic E-state index is 12.1. The van der Waals surface area contributed by atoms with Gasteiger partial charge in [0.05, 0.1) is 5.56 Å². The molecule has 0 spiro atoms. The molecule has 0 atom stereocenters. The second-order valence-corrected chi connectivity index (χ2v) is 3.85. The van der Waals surface area contributed by atoms with Crippen LogP contribution in [-0.2, 0) is 0 Å². The van der Waals surface area contributed by atoms with Crippen molar-refractivity contribution in [2.24, 2.45) is 0 Å². The second kappa shape index (κ2) is 5.75. The maximum absolute atomic E-state index is 12.1. The third-order valence-corrected chi connectivity index (χ3v) is 2.69. The van der Waals surface area contributed by atoms with Gasteiger partial charge in [-0.1, -0.05) is 24.3 Å². The minimum absolute atomic E-state index is 0. The average Bonchev–Trinajstić information content (AvgIpc) is 2.29. The Morgan fingerprint density at radius 1 is 0.941 bits per heavy atom. The predicted octanol–water partition coefficient (Wildman–Crippen LogP) is 3.33. The van der Waals surface area contributed by atoms with Gasteiger partial charge in [0.1, 0.15) is 5.75 Å². The summed E-state index contributed by atoms with van der Waals surface area (Å²) in [6.07, 6.45) is 0. The molecule has 0 heterocycles. The van der Waals surface area contributed by atoms with Crippen LogP contribution in [0.2, 0.25) is 0 Å². The van der Waals surface area contributed by atoms with Gasteiger partial charge in [0.15, 0.2) is 5.78 Å². The molecule has 0 saturated heterocycles. The number of aromatic hydroxyl groups is 1. The van der Waals surface area contributed by atoms with Gasteiger partial charge in [0.2, 0.25) is 0 Å². The summed E-state index contributed by atoms with van der Waals surface area (Å²) >= 11 is 4.22. The molecule has 0 fully saturated rings. The largest absolute Gasteiger partial charge is 0.507 e. The van der Waals surface area contributed by atoms with Crippen LogP contribution in [-0.4, -0.2) is 10.9 Å². The molecule has 0 aromatic heterocycles. The van der Waals surface area contributed by atoms with Gasteiger partial charge in [0.25, 0.3) is 0 Å². The van der Waals surface area contributed by atoms with E-state index in [0.29, 0.717) is 16.0 Å². The summed E-state index contributed by atoms with van der Waals surface area (Å²) in [5.41, 5.74) is 0.788. The number of hydrogen-bond acceptors (Lipinski definition) is 3. The molecule has 1 N–H and O–H groups in total. The predicted molar refractivity (Wildman–Crippen MR) is 72.5 cm³/mol. The quantitative estimate of drug-likeness (QED) is 0.646. The Morgan fingerprint density at radius 3 is 2.06 bits per heavy atom. The lowest BCUT2D eigenvalue weighted by Gasteiger charge is -2.05. The fourth-order valence-corrected chi connectivity index (χ4v) is 1.74. The van der Waals surface area contributed by atoms with E-state index in [4.69, 9.17) is 0 Å². The zero-order valence-corrected chi connectivity index (χ0v) is 10.5. The van der Waals surface area contributed by atoms with E-state index in [1.807, 2.05) is 6.07 Å². The molecule has 0 amide bonds. The lowest BCUT2D eigenvalue weighted by Crippen LogP contribution is -2.02. The first-order valence-electron chi connectivity index (χ1n) is 4.81. The smallest absolute Gasteiger partial charge is 0.197 e. The molecule has 0 radical (unpaired) electrons. The van der Waals surface area contributed by atoms with Crippen LogP contribution in [0.4, 0.5) is 0 Å². The van der Waals surface area contributed by atoms with Crippen LogP contribution >= 0.6 is 25.0 Å². The van der Waals surface area contributed by atoms with E-state index < -0.39 is 0 Å². The van der Waals surface area contributed by atoms with Crippen molar-refractivity contribution >= 4 is 30.8 Å². The molecule has 2 aromatic rings. The highest BCUT2D eigenvalue weighted by atomic mass is 35.5.